The van der Waals surface area contributed by atoms with E-state index in [0.29, 0.717) is 35.8 Å². The summed E-state index contributed by atoms with van der Waals surface area (Å²) in [7, 11) is 1.28. The zero-order chi connectivity index (χ0) is 55.1. The maximum absolute atomic E-state index is 14.8. The second-order valence-corrected chi connectivity index (χ2v) is 20.9. The van der Waals surface area contributed by atoms with Crippen molar-refractivity contribution in [2.45, 2.75) is 136 Å². The zero-order valence-electron chi connectivity index (χ0n) is 44.6. The Morgan fingerprint density at radius 1 is 0.763 bits per heavy atom. The van der Waals surface area contributed by atoms with Gasteiger partial charge >= 0.3 is 5.97 Å². The Labute approximate surface area is 449 Å². The number of aldehydes is 1. The molecule has 76 heavy (non-hydrogen) atoms. The first-order valence-corrected chi connectivity index (χ1v) is 27.2. The summed E-state index contributed by atoms with van der Waals surface area (Å²) in [4.78, 5) is 113. The summed E-state index contributed by atoms with van der Waals surface area (Å²) in [6, 6.07) is 17.4. The fraction of sp³-hybridized carbons (Fsp3) is 0.441. The van der Waals surface area contributed by atoms with Crippen LogP contribution in [0, 0.1) is 18.8 Å². The van der Waals surface area contributed by atoms with Crippen molar-refractivity contribution in [3.63, 3.8) is 0 Å². The Morgan fingerprint density at radius 3 is 2.12 bits per heavy atom. The minimum Gasteiger partial charge on any atom is -0.493 e. The van der Waals surface area contributed by atoms with Crippen molar-refractivity contribution < 1.29 is 47.8 Å². The van der Waals surface area contributed by atoms with Crippen molar-refractivity contribution in [1.29, 1.82) is 0 Å². The van der Waals surface area contributed by atoms with E-state index in [9.17, 15) is 38.4 Å². The third-order valence-electron chi connectivity index (χ3n) is 13.9. The standard InChI is InChI=1S/C59H72N6O10S/c1-9-17-45(61-55(69)46(31-38-26-25-37(7)40(30-38)33-66)63-58(72)52-43-20-12-11-18-39(43)27-28-49(52)75-10-2)59(73)65-29-16-22-48(65)57(71)62-47(32-41-34-76-50-23-14-13-19-42(41)50)56(70)60-44(21-15-24-51(67)74-8)54(68)64-53(35(3)4)36(5)6/h7,11-14,18-20,23,25-28,30,33-36,44-48,53H,9-10,15-17,21-22,24,29,31-32H2,1-6,8H3,(H,60,70)(H,61,69)(H,62,71)(H,63,72)(H,64,68)/t44-,45-,46-,47-,48-/m0/s1. The van der Waals surface area contributed by atoms with Gasteiger partial charge in [0, 0.05) is 42.1 Å². The highest BCUT2D eigenvalue weighted by Gasteiger charge is 2.40. The monoisotopic (exact) mass is 1060 g/mol. The first-order chi connectivity index (χ1) is 36.5. The Kier molecular flexibility index (Phi) is 21.1. The van der Waals surface area contributed by atoms with Gasteiger partial charge in [0.2, 0.25) is 29.5 Å². The molecule has 2 radical (unpaired) electrons. The van der Waals surface area contributed by atoms with E-state index in [-0.39, 0.29) is 92.7 Å². The molecule has 17 heteroatoms. The second kappa shape index (κ2) is 27.6. The summed E-state index contributed by atoms with van der Waals surface area (Å²) < 4.78 is 11.7. The number of carbonyl (C=O) groups excluding carboxylic acids is 8. The molecule has 0 aliphatic carbocycles. The van der Waals surface area contributed by atoms with E-state index < -0.39 is 71.6 Å². The van der Waals surface area contributed by atoms with Crippen LogP contribution in [0.25, 0.3) is 20.9 Å². The van der Waals surface area contributed by atoms with E-state index in [1.807, 2.05) is 82.5 Å². The van der Waals surface area contributed by atoms with E-state index in [1.54, 1.807) is 43.3 Å². The summed E-state index contributed by atoms with van der Waals surface area (Å²) in [6.07, 6.45) is 2.37. The number of likely N-dealkylation sites (tertiary alicyclic amines) is 1. The summed E-state index contributed by atoms with van der Waals surface area (Å²) in [6.45, 7) is 18.2. The van der Waals surface area contributed by atoms with Gasteiger partial charge < -0.3 is 41.0 Å². The molecule has 0 saturated carbocycles. The van der Waals surface area contributed by atoms with Gasteiger partial charge in [-0.25, -0.2) is 0 Å². The van der Waals surface area contributed by atoms with Crippen molar-refractivity contribution >= 4 is 79.9 Å². The summed E-state index contributed by atoms with van der Waals surface area (Å²) in [5.74, 6) is -3.38. The van der Waals surface area contributed by atoms with Crippen molar-refractivity contribution in [2.75, 3.05) is 20.3 Å². The molecule has 5 atom stereocenters. The number of nitrogens with one attached hydrogen (secondary N) is 5. The molecule has 1 saturated heterocycles. The van der Waals surface area contributed by atoms with E-state index in [0.717, 1.165) is 21.0 Å². The van der Waals surface area contributed by atoms with E-state index in [1.165, 1.54) is 23.3 Å². The van der Waals surface area contributed by atoms with Crippen LogP contribution in [-0.4, -0.2) is 109 Å². The summed E-state index contributed by atoms with van der Waals surface area (Å²) in [5.41, 5.74) is 1.99. The van der Waals surface area contributed by atoms with Crippen molar-refractivity contribution in [3.05, 3.63) is 119 Å². The van der Waals surface area contributed by atoms with Gasteiger partial charge in [-0.05, 0) is 114 Å². The van der Waals surface area contributed by atoms with Crippen LogP contribution in [0.4, 0.5) is 0 Å². The van der Waals surface area contributed by atoms with Crippen LogP contribution in [0.2, 0.25) is 0 Å². The smallest absolute Gasteiger partial charge is 0.305 e. The maximum Gasteiger partial charge on any atom is 0.305 e. The fourth-order valence-corrected chi connectivity index (χ4v) is 10.9. The quantitative estimate of drug-likeness (QED) is 0.0275. The topological polar surface area (TPSA) is 218 Å². The van der Waals surface area contributed by atoms with Crippen LogP contribution >= 0.6 is 11.3 Å². The highest BCUT2D eigenvalue weighted by molar-refractivity contribution is 7.17. The number of methoxy groups -OCH3 is 1. The molecular weight excluding hydrogens is 985 g/mol. The molecule has 6 amide bonds. The zero-order valence-corrected chi connectivity index (χ0v) is 45.4. The number of rotatable bonds is 26. The number of ether oxygens (including phenoxy) is 2. The SMILES string of the molecule is [CH]c1ccc(C[C@H](NC(=O)c2c(OCC)ccc3ccccc23)C(=O)N[C@@H](CCC)C(=O)N2CCC[C@H]2C(=O)N[C@@H](Cc2csc3ccccc23)C(=O)N[C@@H](CCCC(=O)OC)C(=O)NC(C(C)C)C(C)C)cc1C=O. The average molecular weight is 1060 g/mol. The van der Waals surface area contributed by atoms with Gasteiger partial charge in [0.05, 0.1) is 19.3 Å². The Morgan fingerprint density at radius 2 is 1.43 bits per heavy atom. The lowest BCUT2D eigenvalue weighted by molar-refractivity contribution is -0.142. The lowest BCUT2D eigenvalue weighted by atomic mass is 9.92. The van der Waals surface area contributed by atoms with Gasteiger partial charge in [-0.15, -0.1) is 11.3 Å². The van der Waals surface area contributed by atoms with Crippen LogP contribution in [-0.2, 0) is 46.3 Å². The number of fused-ring (bicyclic) bond motifs is 2. The highest BCUT2D eigenvalue weighted by atomic mass is 32.1. The third kappa shape index (κ3) is 14.8. The van der Waals surface area contributed by atoms with Gasteiger partial charge in [-0.3, -0.25) is 38.4 Å². The molecule has 404 valence electrons. The normalized spacial score (nSPS) is 15.0. The predicted molar refractivity (Wildman–Crippen MR) is 294 cm³/mol. The average Bonchev–Trinajstić information content (AvgIpc) is 4.07. The number of thiophene rings is 1. The third-order valence-corrected chi connectivity index (χ3v) is 14.9. The molecule has 5 N–H and O–H groups in total. The summed E-state index contributed by atoms with van der Waals surface area (Å²) in [5, 5.41) is 19.0. The summed E-state index contributed by atoms with van der Waals surface area (Å²) >= 11 is 1.50. The predicted octanol–water partition coefficient (Wildman–Crippen LogP) is 7.29. The van der Waals surface area contributed by atoms with Crippen LogP contribution in [0.3, 0.4) is 0 Å². The Hall–Kier alpha value is -7.14. The maximum atomic E-state index is 14.8. The van der Waals surface area contributed by atoms with E-state index in [4.69, 9.17) is 16.4 Å². The molecule has 0 spiro atoms. The second-order valence-electron chi connectivity index (χ2n) is 20.0. The Bertz CT molecular complexity index is 2870. The van der Waals surface area contributed by atoms with Crippen molar-refractivity contribution in [2.24, 2.45) is 11.8 Å². The number of carbonyl (C=O) groups is 8. The number of hydrogen-bond acceptors (Lipinski definition) is 11. The highest BCUT2D eigenvalue weighted by Crippen LogP contribution is 2.30. The van der Waals surface area contributed by atoms with E-state index in [2.05, 4.69) is 26.6 Å². The van der Waals surface area contributed by atoms with Gasteiger partial charge in [0.25, 0.3) is 5.91 Å². The van der Waals surface area contributed by atoms with Crippen LogP contribution < -0.4 is 31.3 Å². The lowest BCUT2D eigenvalue weighted by Crippen LogP contribution is -2.59. The molecule has 1 aliphatic rings. The molecule has 0 bridgehead atoms. The van der Waals surface area contributed by atoms with Crippen LogP contribution in [0.1, 0.15) is 124 Å². The number of hydrogen-bond donors (Lipinski definition) is 5. The number of nitrogens with zero attached hydrogens (tertiary/aromatic N) is 1. The van der Waals surface area contributed by atoms with Gasteiger partial charge in [0.1, 0.15) is 42.2 Å². The molecule has 1 aromatic heterocycles. The Balaban J connectivity index is 1.26. The fourth-order valence-electron chi connectivity index (χ4n) is 9.96. The minimum absolute atomic E-state index is 0.0283. The first-order valence-electron chi connectivity index (χ1n) is 26.3. The molecule has 2 heterocycles. The largest absolute Gasteiger partial charge is 0.493 e. The number of benzene rings is 4. The van der Waals surface area contributed by atoms with Crippen molar-refractivity contribution in [3.8, 4) is 5.75 Å². The molecule has 4 aromatic carbocycles. The molecule has 6 rings (SSSR count). The van der Waals surface area contributed by atoms with E-state index >= 15 is 0 Å². The molecular formula is C59H72N6O10S. The minimum atomic E-state index is -1.27. The molecule has 16 nitrogen and oxygen atoms in total. The van der Waals surface area contributed by atoms with Crippen LogP contribution in [0.15, 0.2) is 84.2 Å². The van der Waals surface area contributed by atoms with Crippen LogP contribution in [0.5, 0.6) is 5.75 Å². The molecule has 1 aliphatic heterocycles. The number of esters is 1. The molecule has 1 fully saturated rings. The van der Waals surface area contributed by atoms with Gasteiger partial charge in [-0.1, -0.05) is 102 Å². The van der Waals surface area contributed by atoms with Crippen molar-refractivity contribution in [1.82, 2.24) is 31.5 Å². The van der Waals surface area contributed by atoms with Gasteiger partial charge in [0.15, 0.2) is 0 Å². The van der Waals surface area contributed by atoms with Gasteiger partial charge in [-0.2, -0.15) is 0 Å². The first kappa shape index (κ1) is 58.1. The number of amides is 6. The molecule has 5 aromatic rings. The molecule has 0 unspecified atom stereocenters. The lowest BCUT2D eigenvalue weighted by Gasteiger charge is -2.31.